The summed E-state index contributed by atoms with van der Waals surface area (Å²) in [6.07, 6.45) is 0.664. The maximum absolute atomic E-state index is 12.0. The van der Waals surface area contributed by atoms with Crippen molar-refractivity contribution in [2.45, 2.75) is 19.3 Å². The quantitative estimate of drug-likeness (QED) is 0.781. The minimum absolute atomic E-state index is 0.188. The lowest BCUT2D eigenvalue weighted by Gasteiger charge is -2.15. The third-order valence-electron chi connectivity index (χ3n) is 3.25. The number of hydrogen-bond acceptors (Lipinski definition) is 2. The van der Waals surface area contributed by atoms with Gasteiger partial charge in [0.1, 0.15) is 0 Å². The summed E-state index contributed by atoms with van der Waals surface area (Å²) < 4.78 is 4.92. The van der Waals surface area contributed by atoms with Gasteiger partial charge in [-0.2, -0.15) is 0 Å². The summed E-state index contributed by atoms with van der Waals surface area (Å²) >= 11 is 0. The van der Waals surface area contributed by atoms with Crippen LogP contribution in [0, 0.1) is 6.92 Å². The van der Waals surface area contributed by atoms with Crippen LogP contribution in [0.4, 0.5) is 0 Å². The standard InChI is InChI=1S/C17H18O2/c1-13-8-10-14(11-9-13)12-16(17(18)19-2)15-6-4-3-5-7-15/h3-11,16H,12H2,1-2H3. The first-order valence-corrected chi connectivity index (χ1v) is 6.39. The van der Waals surface area contributed by atoms with Crippen molar-refractivity contribution < 1.29 is 9.53 Å². The number of aryl methyl sites for hydroxylation is 1. The van der Waals surface area contributed by atoms with Crippen molar-refractivity contribution in [3.8, 4) is 0 Å². The fraction of sp³-hybridized carbons (Fsp3) is 0.235. The molecule has 0 N–H and O–H groups in total. The first kappa shape index (κ1) is 13.3. The average molecular weight is 254 g/mol. The van der Waals surface area contributed by atoms with Crippen molar-refractivity contribution in [1.82, 2.24) is 0 Å². The van der Waals surface area contributed by atoms with Crippen LogP contribution in [0.3, 0.4) is 0 Å². The summed E-state index contributed by atoms with van der Waals surface area (Å²) in [5.74, 6) is -0.430. The number of esters is 1. The number of carbonyl (C=O) groups excluding carboxylic acids is 1. The Morgan fingerprint density at radius 1 is 1.05 bits per heavy atom. The van der Waals surface area contributed by atoms with Crippen LogP contribution >= 0.6 is 0 Å². The van der Waals surface area contributed by atoms with E-state index in [-0.39, 0.29) is 11.9 Å². The molecule has 0 amide bonds. The van der Waals surface area contributed by atoms with E-state index in [0.29, 0.717) is 6.42 Å². The lowest BCUT2D eigenvalue weighted by Crippen LogP contribution is -2.16. The second kappa shape index (κ2) is 6.19. The largest absolute Gasteiger partial charge is 0.469 e. The van der Waals surface area contributed by atoms with Crippen molar-refractivity contribution >= 4 is 5.97 Å². The van der Waals surface area contributed by atoms with Gasteiger partial charge in [-0.1, -0.05) is 60.2 Å². The Morgan fingerprint density at radius 3 is 2.26 bits per heavy atom. The van der Waals surface area contributed by atoms with Gasteiger partial charge in [0.05, 0.1) is 13.0 Å². The van der Waals surface area contributed by atoms with Gasteiger partial charge in [0.15, 0.2) is 0 Å². The summed E-state index contributed by atoms with van der Waals surface area (Å²) in [6.45, 7) is 2.05. The maximum atomic E-state index is 12.0. The van der Waals surface area contributed by atoms with Crippen LogP contribution in [0.15, 0.2) is 54.6 Å². The Kier molecular flexibility index (Phi) is 4.35. The Balaban J connectivity index is 2.24. The zero-order valence-corrected chi connectivity index (χ0v) is 11.3. The van der Waals surface area contributed by atoms with Gasteiger partial charge in [-0.25, -0.2) is 0 Å². The highest BCUT2D eigenvalue weighted by Crippen LogP contribution is 2.22. The zero-order valence-electron chi connectivity index (χ0n) is 11.3. The van der Waals surface area contributed by atoms with E-state index < -0.39 is 0 Å². The van der Waals surface area contributed by atoms with Gasteiger partial charge >= 0.3 is 5.97 Å². The number of methoxy groups -OCH3 is 1. The van der Waals surface area contributed by atoms with Crippen LogP contribution in [0.1, 0.15) is 22.6 Å². The molecule has 2 rings (SSSR count). The molecular weight excluding hydrogens is 236 g/mol. The zero-order chi connectivity index (χ0) is 13.7. The van der Waals surface area contributed by atoms with Crippen LogP contribution < -0.4 is 0 Å². The number of benzene rings is 2. The van der Waals surface area contributed by atoms with E-state index in [1.807, 2.05) is 30.3 Å². The van der Waals surface area contributed by atoms with Crippen LogP contribution in [0.2, 0.25) is 0 Å². The third-order valence-corrected chi connectivity index (χ3v) is 3.25. The molecule has 0 fully saturated rings. The van der Waals surface area contributed by atoms with E-state index >= 15 is 0 Å². The van der Waals surface area contributed by atoms with E-state index in [2.05, 4.69) is 31.2 Å². The Labute approximate surface area is 114 Å². The highest BCUT2D eigenvalue weighted by atomic mass is 16.5. The van der Waals surface area contributed by atoms with Gasteiger partial charge in [0, 0.05) is 0 Å². The van der Waals surface area contributed by atoms with Crippen molar-refractivity contribution in [2.24, 2.45) is 0 Å². The van der Waals surface area contributed by atoms with Crippen molar-refractivity contribution in [3.63, 3.8) is 0 Å². The summed E-state index contributed by atoms with van der Waals surface area (Å²) in [5.41, 5.74) is 3.36. The highest BCUT2D eigenvalue weighted by molar-refractivity contribution is 5.78. The molecule has 0 heterocycles. The SMILES string of the molecule is COC(=O)C(Cc1ccc(C)cc1)c1ccccc1. The molecule has 2 aromatic rings. The molecule has 0 radical (unpaired) electrons. The lowest BCUT2D eigenvalue weighted by atomic mass is 9.92. The van der Waals surface area contributed by atoms with E-state index in [9.17, 15) is 4.79 Å². The Bertz CT molecular complexity index is 529. The molecular formula is C17H18O2. The highest BCUT2D eigenvalue weighted by Gasteiger charge is 2.21. The third kappa shape index (κ3) is 3.44. The Morgan fingerprint density at radius 2 is 1.68 bits per heavy atom. The van der Waals surface area contributed by atoms with E-state index in [1.165, 1.54) is 12.7 Å². The molecule has 0 aliphatic rings. The Hall–Kier alpha value is -2.09. The predicted octanol–water partition coefficient (Wildman–Crippen LogP) is 3.49. The van der Waals surface area contributed by atoms with Crippen LogP contribution in [-0.4, -0.2) is 13.1 Å². The molecule has 0 bridgehead atoms. The molecule has 19 heavy (non-hydrogen) atoms. The smallest absolute Gasteiger partial charge is 0.313 e. The number of rotatable bonds is 4. The van der Waals surface area contributed by atoms with E-state index in [0.717, 1.165) is 11.1 Å². The molecule has 0 spiro atoms. The van der Waals surface area contributed by atoms with Gasteiger partial charge < -0.3 is 4.74 Å². The lowest BCUT2D eigenvalue weighted by molar-refractivity contribution is -0.142. The van der Waals surface area contributed by atoms with Crippen molar-refractivity contribution in [1.29, 1.82) is 0 Å². The summed E-state index contributed by atoms with van der Waals surface area (Å²) in [6, 6.07) is 18.0. The van der Waals surface area contributed by atoms with Crippen molar-refractivity contribution in [3.05, 3.63) is 71.3 Å². The molecule has 0 aliphatic carbocycles. The minimum Gasteiger partial charge on any atom is -0.469 e. The second-order valence-corrected chi connectivity index (χ2v) is 4.68. The second-order valence-electron chi connectivity index (χ2n) is 4.68. The average Bonchev–Trinajstić information content (AvgIpc) is 2.47. The van der Waals surface area contributed by atoms with Crippen molar-refractivity contribution in [2.75, 3.05) is 7.11 Å². The first-order chi connectivity index (χ1) is 9.20. The van der Waals surface area contributed by atoms with Gasteiger partial charge in [-0.15, -0.1) is 0 Å². The minimum atomic E-state index is -0.242. The molecule has 1 atom stereocenters. The molecule has 2 aromatic carbocycles. The maximum Gasteiger partial charge on any atom is 0.313 e. The monoisotopic (exact) mass is 254 g/mol. The number of ether oxygens (including phenoxy) is 1. The number of carbonyl (C=O) groups is 1. The molecule has 98 valence electrons. The molecule has 1 unspecified atom stereocenters. The summed E-state index contributed by atoms with van der Waals surface area (Å²) in [4.78, 5) is 12.0. The molecule has 2 nitrogen and oxygen atoms in total. The van der Waals surface area contributed by atoms with Crippen LogP contribution in [0.25, 0.3) is 0 Å². The van der Waals surface area contributed by atoms with E-state index in [4.69, 9.17) is 4.74 Å². The molecule has 2 heteroatoms. The van der Waals surface area contributed by atoms with Gasteiger partial charge in [0.2, 0.25) is 0 Å². The fourth-order valence-corrected chi connectivity index (χ4v) is 2.12. The topological polar surface area (TPSA) is 26.3 Å². The predicted molar refractivity (Wildman–Crippen MR) is 76.1 cm³/mol. The van der Waals surface area contributed by atoms with Gasteiger partial charge in [-0.3, -0.25) is 4.79 Å². The molecule has 0 saturated heterocycles. The summed E-state index contributed by atoms with van der Waals surface area (Å²) in [5, 5.41) is 0. The molecule has 0 aromatic heterocycles. The normalized spacial score (nSPS) is 11.9. The molecule has 0 aliphatic heterocycles. The first-order valence-electron chi connectivity index (χ1n) is 6.39. The number of hydrogen-bond donors (Lipinski definition) is 0. The van der Waals surface area contributed by atoms with Gasteiger partial charge in [-0.05, 0) is 24.5 Å². The van der Waals surface area contributed by atoms with Gasteiger partial charge in [0.25, 0.3) is 0 Å². The molecule has 0 saturated carbocycles. The van der Waals surface area contributed by atoms with E-state index in [1.54, 1.807) is 0 Å². The van der Waals surface area contributed by atoms with Crippen LogP contribution in [0.5, 0.6) is 0 Å². The fourth-order valence-electron chi connectivity index (χ4n) is 2.12. The van der Waals surface area contributed by atoms with Crippen LogP contribution in [-0.2, 0) is 16.0 Å². The summed E-state index contributed by atoms with van der Waals surface area (Å²) in [7, 11) is 1.44.